The van der Waals surface area contributed by atoms with Gasteiger partial charge in [-0.05, 0) is 19.8 Å². The number of rotatable bonds is 3. The topological polar surface area (TPSA) is 43.4 Å². The molecule has 0 aliphatic carbocycles. The molecule has 1 aliphatic rings. The van der Waals surface area contributed by atoms with E-state index in [0.29, 0.717) is 6.42 Å². The molecule has 1 saturated heterocycles. The molecule has 0 aromatic carbocycles. The standard InChI is InChI=1S/C9H14F6NO3S/c1-7-4-2-3-5-16(7,6-8(10,11)12)19-20(17,18)9(13,14)15/h7H,2-6H2,1H3/q+1. The number of nitrogens with zero attached hydrogens (tertiary/aromatic N) is 1. The van der Waals surface area contributed by atoms with Crippen LogP contribution < -0.4 is 0 Å². The van der Waals surface area contributed by atoms with Crippen LogP contribution in [0, 0.1) is 0 Å². The maximum Gasteiger partial charge on any atom is 0.528 e. The molecule has 0 aromatic rings. The molecule has 0 saturated carbocycles. The van der Waals surface area contributed by atoms with Gasteiger partial charge in [-0.1, -0.05) is 4.28 Å². The molecular weight excluding hydrogens is 316 g/mol. The van der Waals surface area contributed by atoms with Gasteiger partial charge in [0.05, 0.1) is 0 Å². The summed E-state index contributed by atoms with van der Waals surface area (Å²) in [4.78, 5) is 0. The summed E-state index contributed by atoms with van der Waals surface area (Å²) < 4.78 is 99.1. The first kappa shape index (κ1) is 17.5. The van der Waals surface area contributed by atoms with Gasteiger partial charge in [-0.2, -0.15) is 39.4 Å². The second-order valence-corrected chi connectivity index (χ2v) is 6.29. The second-order valence-electron chi connectivity index (χ2n) is 4.77. The second kappa shape index (κ2) is 5.34. The Morgan fingerprint density at radius 2 is 1.70 bits per heavy atom. The lowest BCUT2D eigenvalue weighted by atomic mass is 10.0. The molecule has 1 rings (SSSR count). The van der Waals surface area contributed by atoms with Gasteiger partial charge in [-0.3, -0.25) is 0 Å². The van der Waals surface area contributed by atoms with Crippen molar-refractivity contribution in [1.82, 2.24) is 0 Å². The van der Waals surface area contributed by atoms with Crippen LogP contribution in [0.2, 0.25) is 0 Å². The highest BCUT2D eigenvalue weighted by molar-refractivity contribution is 7.87. The third-order valence-corrected chi connectivity index (χ3v) is 4.25. The number of hydrogen-bond acceptors (Lipinski definition) is 3. The van der Waals surface area contributed by atoms with E-state index in [9.17, 15) is 34.8 Å². The first-order valence-electron chi connectivity index (χ1n) is 5.75. The lowest BCUT2D eigenvalue weighted by molar-refractivity contribution is -1.11. The third kappa shape index (κ3) is 3.98. The van der Waals surface area contributed by atoms with E-state index in [-0.39, 0.29) is 12.8 Å². The number of hydrogen-bond donors (Lipinski definition) is 0. The minimum absolute atomic E-state index is 0.156. The molecule has 0 bridgehead atoms. The van der Waals surface area contributed by atoms with Crippen molar-refractivity contribution in [2.75, 3.05) is 13.1 Å². The van der Waals surface area contributed by atoms with E-state index in [0.717, 1.165) is 0 Å². The van der Waals surface area contributed by atoms with Crippen LogP contribution in [0.3, 0.4) is 0 Å². The fourth-order valence-electron chi connectivity index (χ4n) is 2.19. The van der Waals surface area contributed by atoms with Gasteiger partial charge in [-0.15, -0.1) is 0 Å². The zero-order chi connectivity index (χ0) is 15.8. The van der Waals surface area contributed by atoms with Crippen molar-refractivity contribution >= 4 is 10.1 Å². The average molecular weight is 330 g/mol. The minimum atomic E-state index is -6.09. The Morgan fingerprint density at radius 3 is 2.10 bits per heavy atom. The van der Waals surface area contributed by atoms with Crippen molar-refractivity contribution < 1.29 is 43.7 Å². The van der Waals surface area contributed by atoms with Gasteiger partial charge >= 0.3 is 21.8 Å². The quantitative estimate of drug-likeness (QED) is 0.454. The highest BCUT2D eigenvalue weighted by Gasteiger charge is 2.58. The predicted molar refractivity (Wildman–Crippen MR) is 55.4 cm³/mol. The first-order chi connectivity index (χ1) is 8.79. The molecule has 4 nitrogen and oxygen atoms in total. The summed E-state index contributed by atoms with van der Waals surface area (Å²) in [6, 6.07) is -0.998. The van der Waals surface area contributed by atoms with E-state index in [1.54, 1.807) is 0 Å². The van der Waals surface area contributed by atoms with Crippen LogP contribution in [0.5, 0.6) is 0 Å². The highest BCUT2D eigenvalue weighted by Crippen LogP contribution is 2.36. The maximum absolute atomic E-state index is 12.6. The maximum atomic E-state index is 12.6. The normalized spacial score (nSPS) is 29.4. The number of hydroxylamine groups is 3. The lowest BCUT2D eigenvalue weighted by Gasteiger charge is -2.42. The van der Waals surface area contributed by atoms with Gasteiger partial charge < -0.3 is 0 Å². The zero-order valence-electron chi connectivity index (χ0n) is 10.5. The summed E-state index contributed by atoms with van der Waals surface area (Å²) in [5.41, 5.74) is -5.75. The van der Waals surface area contributed by atoms with Crippen LogP contribution in [0.15, 0.2) is 0 Å². The monoisotopic (exact) mass is 330 g/mol. The summed E-state index contributed by atoms with van der Waals surface area (Å²) in [5.74, 6) is 0. The Morgan fingerprint density at radius 1 is 1.15 bits per heavy atom. The molecule has 1 aliphatic heterocycles. The third-order valence-electron chi connectivity index (χ3n) is 3.19. The van der Waals surface area contributed by atoms with Crippen LogP contribution >= 0.6 is 0 Å². The molecule has 2 unspecified atom stereocenters. The van der Waals surface area contributed by atoms with Gasteiger partial charge in [0.25, 0.3) is 0 Å². The fourth-order valence-corrected chi connectivity index (χ4v) is 2.94. The molecule has 11 heteroatoms. The summed E-state index contributed by atoms with van der Waals surface area (Å²) in [7, 11) is -6.09. The van der Waals surface area contributed by atoms with Gasteiger partial charge in [-0.25, -0.2) is 0 Å². The molecule has 20 heavy (non-hydrogen) atoms. The summed E-state index contributed by atoms with van der Waals surface area (Å²) in [6.07, 6.45) is -4.02. The van der Waals surface area contributed by atoms with Gasteiger partial charge in [0.1, 0.15) is 12.6 Å². The van der Waals surface area contributed by atoms with E-state index in [1.807, 2.05) is 0 Å². The van der Waals surface area contributed by atoms with Crippen molar-refractivity contribution in [1.29, 1.82) is 0 Å². The number of likely N-dealkylation sites (tertiary alicyclic amines) is 1. The van der Waals surface area contributed by atoms with E-state index in [2.05, 4.69) is 4.28 Å². The number of halogens is 6. The zero-order valence-corrected chi connectivity index (χ0v) is 11.3. The molecule has 0 amide bonds. The Bertz CT molecular complexity index is 446. The average Bonchev–Trinajstić information content (AvgIpc) is 2.17. The van der Waals surface area contributed by atoms with Gasteiger partial charge in [0.15, 0.2) is 0 Å². The highest BCUT2D eigenvalue weighted by atomic mass is 32.2. The summed E-state index contributed by atoms with van der Waals surface area (Å²) >= 11 is 0. The predicted octanol–water partition coefficient (Wildman–Crippen LogP) is 2.72. The molecule has 2 atom stereocenters. The number of piperidine rings is 1. The van der Waals surface area contributed by atoms with Gasteiger partial charge in [0, 0.05) is 6.42 Å². The van der Waals surface area contributed by atoms with Gasteiger partial charge in [0.2, 0.25) is 6.54 Å². The van der Waals surface area contributed by atoms with Crippen molar-refractivity contribution in [3.05, 3.63) is 0 Å². The van der Waals surface area contributed by atoms with Crippen molar-refractivity contribution in [2.24, 2.45) is 0 Å². The first-order valence-corrected chi connectivity index (χ1v) is 7.16. The van der Waals surface area contributed by atoms with Crippen molar-refractivity contribution in [2.45, 2.75) is 43.9 Å². The summed E-state index contributed by atoms with van der Waals surface area (Å²) in [5, 5.41) is 0. The van der Waals surface area contributed by atoms with Crippen LogP contribution in [-0.2, 0) is 14.4 Å². The van der Waals surface area contributed by atoms with E-state index < -0.39 is 45.6 Å². The van der Waals surface area contributed by atoms with Crippen LogP contribution in [0.25, 0.3) is 0 Å². The number of alkyl halides is 6. The smallest absolute Gasteiger partial charge is 0.185 e. The molecule has 0 aromatic heterocycles. The largest absolute Gasteiger partial charge is 0.528 e. The minimum Gasteiger partial charge on any atom is -0.185 e. The van der Waals surface area contributed by atoms with E-state index >= 15 is 0 Å². The van der Waals surface area contributed by atoms with Crippen LogP contribution in [-0.4, -0.2) is 43.9 Å². The molecule has 1 fully saturated rings. The van der Waals surface area contributed by atoms with Crippen molar-refractivity contribution in [3.63, 3.8) is 0 Å². The van der Waals surface area contributed by atoms with Crippen molar-refractivity contribution in [3.8, 4) is 0 Å². The Labute approximate surface area is 112 Å². The molecule has 0 N–H and O–H groups in total. The molecule has 0 radical (unpaired) electrons. The van der Waals surface area contributed by atoms with Crippen LogP contribution in [0.1, 0.15) is 26.2 Å². The Balaban J connectivity index is 3.13. The lowest BCUT2D eigenvalue weighted by Crippen LogP contribution is -2.62. The SMILES string of the molecule is CC1CCCC[N+]1(CC(F)(F)F)OS(=O)(=O)C(F)(F)F. The Hall–Kier alpha value is -0.550. The fraction of sp³-hybridized carbons (Fsp3) is 1.00. The van der Waals surface area contributed by atoms with E-state index in [1.165, 1.54) is 6.92 Å². The summed E-state index contributed by atoms with van der Waals surface area (Å²) in [6.45, 7) is -0.962. The molecule has 0 spiro atoms. The van der Waals surface area contributed by atoms with E-state index in [4.69, 9.17) is 0 Å². The molecular formula is C9H14F6NO3S+. The molecule has 120 valence electrons. The van der Waals surface area contributed by atoms with Crippen LogP contribution in [0.4, 0.5) is 26.3 Å². The molecule has 1 heterocycles. The Kier molecular flexibility index (Phi) is 4.67. The number of quaternary nitrogens is 1.